The summed E-state index contributed by atoms with van der Waals surface area (Å²) in [6.45, 7) is 13.0. The van der Waals surface area contributed by atoms with E-state index < -0.39 is 22.1 Å². The zero-order valence-electron chi connectivity index (χ0n) is 22.8. The van der Waals surface area contributed by atoms with E-state index in [0.29, 0.717) is 37.7 Å². The molecule has 3 rings (SSSR count). The lowest BCUT2D eigenvalue weighted by atomic mass is 10.2. The minimum absolute atomic E-state index is 0.151. The Morgan fingerprint density at radius 3 is 2.03 bits per heavy atom. The summed E-state index contributed by atoms with van der Waals surface area (Å²) in [5.74, 6) is 0.398. The van der Waals surface area contributed by atoms with Crippen molar-refractivity contribution in [1.82, 2.24) is 4.90 Å². The van der Waals surface area contributed by atoms with Crippen molar-refractivity contribution in [3.8, 4) is 11.5 Å². The summed E-state index contributed by atoms with van der Waals surface area (Å²) in [6.07, 6.45) is -0.302. The highest BCUT2D eigenvalue weighted by Crippen LogP contribution is 2.32. The van der Waals surface area contributed by atoms with E-state index in [4.69, 9.17) is 14.2 Å². The normalized spacial score (nSPS) is 14.1. The molecule has 1 amide bonds. The van der Waals surface area contributed by atoms with E-state index in [1.165, 1.54) is 18.2 Å². The van der Waals surface area contributed by atoms with Gasteiger partial charge in [0.1, 0.15) is 34.9 Å². The number of carbonyl (C=O) groups excluding carboxylic acids is 2. The summed E-state index contributed by atoms with van der Waals surface area (Å²) in [4.78, 5) is 39.1. The Balaban J connectivity index is 1.61. The molecule has 0 unspecified atom stereocenters. The van der Waals surface area contributed by atoms with Gasteiger partial charge in [-0.1, -0.05) is 0 Å². The lowest BCUT2D eigenvalue weighted by molar-refractivity contribution is -0.384. The summed E-state index contributed by atoms with van der Waals surface area (Å²) in [5, 5.41) is 14.2. The first-order valence-electron chi connectivity index (χ1n) is 12.5. The largest absolute Gasteiger partial charge is 0.459 e. The van der Waals surface area contributed by atoms with Crippen LogP contribution in [0.3, 0.4) is 0 Å². The predicted octanol–water partition coefficient (Wildman–Crippen LogP) is 5.20. The number of esters is 1. The fraction of sp³-hybridized carbons (Fsp3) is 0.481. The summed E-state index contributed by atoms with van der Waals surface area (Å²) in [6, 6.07) is 11.8. The molecule has 1 saturated heterocycles. The number of amides is 1. The third-order valence-corrected chi connectivity index (χ3v) is 5.38. The van der Waals surface area contributed by atoms with E-state index >= 15 is 0 Å². The number of hydrogen-bond acceptors (Lipinski definition) is 9. The van der Waals surface area contributed by atoms with E-state index in [2.05, 4.69) is 10.2 Å². The van der Waals surface area contributed by atoms with Crippen LogP contribution in [0.2, 0.25) is 0 Å². The molecule has 0 saturated carbocycles. The molecule has 0 bridgehead atoms. The number of nitrogens with zero attached hydrogens (tertiary/aromatic N) is 3. The molecular weight excluding hydrogens is 492 g/mol. The molecule has 1 heterocycles. The van der Waals surface area contributed by atoms with Crippen LogP contribution in [-0.2, 0) is 14.3 Å². The quantitative estimate of drug-likeness (QED) is 0.293. The molecule has 0 aliphatic carbocycles. The molecule has 0 atom stereocenters. The highest BCUT2D eigenvalue weighted by molar-refractivity contribution is 5.77. The maximum absolute atomic E-state index is 12.3. The van der Waals surface area contributed by atoms with Gasteiger partial charge in [-0.3, -0.25) is 14.9 Å². The van der Waals surface area contributed by atoms with Gasteiger partial charge in [-0.15, -0.1) is 0 Å². The maximum Gasteiger partial charge on any atom is 0.410 e. The third kappa shape index (κ3) is 8.53. The number of anilines is 2. The lowest BCUT2D eigenvalue weighted by Crippen LogP contribution is -2.50. The Bertz CT molecular complexity index is 1150. The topological polar surface area (TPSA) is 123 Å². The zero-order valence-corrected chi connectivity index (χ0v) is 22.8. The van der Waals surface area contributed by atoms with Crippen LogP contribution in [0.5, 0.6) is 11.5 Å². The number of piperazine rings is 1. The molecule has 1 aliphatic rings. The predicted molar refractivity (Wildman–Crippen MR) is 144 cm³/mol. The molecule has 0 radical (unpaired) electrons. The zero-order chi connectivity index (χ0) is 28.1. The smallest absolute Gasteiger partial charge is 0.410 e. The van der Waals surface area contributed by atoms with E-state index in [9.17, 15) is 19.7 Å². The number of carbonyl (C=O) groups is 2. The molecular formula is C27H36N4O7. The van der Waals surface area contributed by atoms with E-state index in [-0.39, 0.29) is 24.0 Å². The van der Waals surface area contributed by atoms with Gasteiger partial charge in [0.15, 0.2) is 0 Å². The van der Waals surface area contributed by atoms with Gasteiger partial charge in [-0.2, -0.15) is 0 Å². The number of nitrogens with one attached hydrogen (secondary N) is 1. The Hall–Kier alpha value is -4.02. The van der Waals surface area contributed by atoms with Crippen LogP contribution in [0.1, 0.15) is 41.5 Å². The van der Waals surface area contributed by atoms with Gasteiger partial charge in [0, 0.05) is 44.0 Å². The highest BCUT2D eigenvalue weighted by Gasteiger charge is 2.26. The Labute approximate surface area is 222 Å². The highest BCUT2D eigenvalue weighted by atomic mass is 16.6. The molecule has 206 valence electrons. The summed E-state index contributed by atoms with van der Waals surface area (Å²) >= 11 is 0. The Morgan fingerprint density at radius 1 is 0.895 bits per heavy atom. The van der Waals surface area contributed by atoms with Crippen molar-refractivity contribution in [1.29, 1.82) is 0 Å². The van der Waals surface area contributed by atoms with Crippen LogP contribution >= 0.6 is 0 Å². The SMILES string of the molecule is CC(C)(C)OC(=O)CNc1cc(Oc2ccc(N3CCN(C(=O)OC(C)(C)C)CC3)cc2)ccc1[N+](=O)[O-]. The standard InChI is InChI=1S/C27H36N4O7/c1-26(2,3)37-24(32)18-28-22-17-21(11-12-23(22)31(34)35)36-20-9-7-19(8-10-20)29-13-15-30(16-14-29)25(33)38-27(4,5)6/h7-12,17,28H,13-16,18H2,1-6H3. The monoisotopic (exact) mass is 528 g/mol. The van der Waals surface area contributed by atoms with Crippen molar-refractivity contribution in [2.45, 2.75) is 52.7 Å². The number of hydrogen-bond donors (Lipinski definition) is 1. The molecule has 0 spiro atoms. The van der Waals surface area contributed by atoms with Gasteiger partial charge in [-0.05, 0) is 71.9 Å². The molecule has 11 heteroatoms. The van der Waals surface area contributed by atoms with E-state index in [0.717, 1.165) is 5.69 Å². The first kappa shape index (κ1) is 28.5. The molecule has 1 fully saturated rings. The van der Waals surface area contributed by atoms with Gasteiger partial charge in [0.25, 0.3) is 5.69 Å². The third-order valence-electron chi connectivity index (χ3n) is 5.38. The minimum atomic E-state index is -0.659. The first-order chi connectivity index (χ1) is 17.7. The number of benzene rings is 2. The average molecular weight is 529 g/mol. The molecule has 2 aromatic carbocycles. The molecule has 38 heavy (non-hydrogen) atoms. The van der Waals surface area contributed by atoms with Gasteiger partial charge in [0.05, 0.1) is 4.92 Å². The average Bonchev–Trinajstić information content (AvgIpc) is 2.81. The van der Waals surface area contributed by atoms with Crippen LogP contribution < -0.4 is 15.0 Å². The number of rotatable bonds is 7. The lowest BCUT2D eigenvalue weighted by Gasteiger charge is -2.36. The van der Waals surface area contributed by atoms with Gasteiger partial charge >= 0.3 is 12.1 Å². The summed E-state index contributed by atoms with van der Waals surface area (Å²) in [7, 11) is 0. The molecule has 11 nitrogen and oxygen atoms in total. The van der Waals surface area contributed by atoms with Crippen molar-refractivity contribution in [2.75, 3.05) is 42.9 Å². The van der Waals surface area contributed by atoms with Crippen molar-refractivity contribution in [3.63, 3.8) is 0 Å². The number of ether oxygens (including phenoxy) is 3. The fourth-order valence-corrected chi connectivity index (χ4v) is 3.76. The Morgan fingerprint density at radius 2 is 1.47 bits per heavy atom. The molecule has 0 aromatic heterocycles. The number of nitro groups is 1. The maximum atomic E-state index is 12.3. The second-order valence-corrected chi connectivity index (χ2v) is 10.9. The van der Waals surface area contributed by atoms with Crippen LogP contribution in [0.15, 0.2) is 42.5 Å². The molecule has 1 N–H and O–H groups in total. The van der Waals surface area contributed by atoms with Crippen LogP contribution in [0.4, 0.5) is 21.9 Å². The summed E-state index contributed by atoms with van der Waals surface area (Å²) in [5.41, 5.74) is -0.222. The van der Waals surface area contributed by atoms with Crippen molar-refractivity contribution >= 4 is 29.1 Å². The van der Waals surface area contributed by atoms with Crippen molar-refractivity contribution in [2.24, 2.45) is 0 Å². The molecule has 1 aliphatic heterocycles. The first-order valence-corrected chi connectivity index (χ1v) is 12.5. The Kier molecular flexibility index (Phi) is 8.70. The van der Waals surface area contributed by atoms with Crippen molar-refractivity contribution < 1.29 is 28.7 Å². The van der Waals surface area contributed by atoms with Gasteiger partial charge < -0.3 is 29.3 Å². The van der Waals surface area contributed by atoms with Crippen LogP contribution in [0.25, 0.3) is 0 Å². The van der Waals surface area contributed by atoms with Crippen molar-refractivity contribution in [3.05, 3.63) is 52.6 Å². The van der Waals surface area contributed by atoms with Crippen LogP contribution in [0, 0.1) is 10.1 Å². The van der Waals surface area contributed by atoms with Crippen LogP contribution in [-0.4, -0.2) is 65.8 Å². The van der Waals surface area contributed by atoms with E-state index in [1.54, 1.807) is 25.7 Å². The minimum Gasteiger partial charge on any atom is -0.459 e. The summed E-state index contributed by atoms with van der Waals surface area (Å²) < 4.78 is 16.6. The van der Waals surface area contributed by atoms with E-state index in [1.807, 2.05) is 45.0 Å². The second-order valence-electron chi connectivity index (χ2n) is 10.9. The molecule has 2 aromatic rings. The van der Waals surface area contributed by atoms with Gasteiger partial charge in [-0.25, -0.2) is 4.79 Å². The fourth-order valence-electron chi connectivity index (χ4n) is 3.76. The second kappa shape index (κ2) is 11.6. The van der Waals surface area contributed by atoms with Gasteiger partial charge in [0.2, 0.25) is 0 Å². The number of nitro benzene ring substituents is 1.